The molecular weight excluding hydrogens is 290 g/mol. The Hall–Kier alpha value is -2.95. The molecule has 0 unspecified atom stereocenters. The summed E-state index contributed by atoms with van der Waals surface area (Å²) in [4.78, 5) is 17.2. The largest absolute Gasteiger partial charge is 0.508 e. The summed E-state index contributed by atoms with van der Waals surface area (Å²) < 4.78 is 1.36. The Morgan fingerprint density at radius 1 is 1.17 bits per heavy atom. The molecule has 0 aliphatic rings. The standard InChI is InChI=1S/C18H17N3O2/c1-2-5-17-20-16-7-4-3-6-15(16)18(23)21(17)19-12-13-8-10-14(22)11-9-13/h3-4,6-12,22H,2,5H2,1H3/b19-12+. The smallest absolute Gasteiger partial charge is 0.282 e. The van der Waals surface area contributed by atoms with Gasteiger partial charge >= 0.3 is 0 Å². The fraction of sp³-hybridized carbons (Fsp3) is 0.167. The fourth-order valence-electron chi connectivity index (χ4n) is 2.36. The van der Waals surface area contributed by atoms with Gasteiger partial charge in [-0.2, -0.15) is 9.78 Å². The van der Waals surface area contributed by atoms with Crippen molar-refractivity contribution in [1.29, 1.82) is 0 Å². The van der Waals surface area contributed by atoms with E-state index < -0.39 is 0 Å². The summed E-state index contributed by atoms with van der Waals surface area (Å²) >= 11 is 0. The van der Waals surface area contributed by atoms with Crippen LogP contribution in [0.1, 0.15) is 24.7 Å². The van der Waals surface area contributed by atoms with Gasteiger partial charge in [-0.25, -0.2) is 4.98 Å². The van der Waals surface area contributed by atoms with Crippen molar-refractivity contribution in [2.75, 3.05) is 0 Å². The summed E-state index contributed by atoms with van der Waals surface area (Å²) in [5.74, 6) is 0.838. The first kappa shape index (κ1) is 15.0. The van der Waals surface area contributed by atoms with Crippen LogP contribution in [0.15, 0.2) is 58.4 Å². The Labute approximate surface area is 133 Å². The van der Waals surface area contributed by atoms with Crippen LogP contribution in [0.2, 0.25) is 0 Å². The molecule has 0 saturated carbocycles. The van der Waals surface area contributed by atoms with Crippen molar-refractivity contribution in [2.45, 2.75) is 19.8 Å². The van der Waals surface area contributed by atoms with Crippen LogP contribution in [0.3, 0.4) is 0 Å². The predicted molar refractivity (Wildman–Crippen MR) is 91.1 cm³/mol. The van der Waals surface area contributed by atoms with Crippen molar-refractivity contribution in [1.82, 2.24) is 9.66 Å². The van der Waals surface area contributed by atoms with Gasteiger partial charge in [-0.05, 0) is 48.4 Å². The number of aryl methyl sites for hydroxylation is 1. The average molecular weight is 307 g/mol. The molecule has 0 bridgehead atoms. The summed E-state index contributed by atoms with van der Waals surface area (Å²) in [5.41, 5.74) is 1.32. The summed E-state index contributed by atoms with van der Waals surface area (Å²) in [7, 11) is 0. The summed E-state index contributed by atoms with van der Waals surface area (Å²) in [5, 5.41) is 14.2. The van der Waals surface area contributed by atoms with Crippen LogP contribution in [-0.4, -0.2) is 21.0 Å². The van der Waals surface area contributed by atoms with Gasteiger partial charge in [0.25, 0.3) is 5.56 Å². The number of hydrogen-bond acceptors (Lipinski definition) is 4. The Morgan fingerprint density at radius 2 is 1.91 bits per heavy atom. The Kier molecular flexibility index (Phi) is 4.19. The van der Waals surface area contributed by atoms with Gasteiger partial charge in [0.2, 0.25) is 0 Å². The highest BCUT2D eigenvalue weighted by Gasteiger charge is 2.09. The van der Waals surface area contributed by atoms with Gasteiger partial charge in [-0.15, -0.1) is 0 Å². The monoisotopic (exact) mass is 307 g/mol. The van der Waals surface area contributed by atoms with Crippen LogP contribution in [0, 0.1) is 0 Å². The molecule has 0 atom stereocenters. The van der Waals surface area contributed by atoms with Gasteiger partial charge < -0.3 is 5.11 Å². The number of phenolic OH excluding ortho intramolecular Hbond substituents is 1. The number of hydrogen-bond donors (Lipinski definition) is 1. The maximum Gasteiger partial charge on any atom is 0.282 e. The van der Waals surface area contributed by atoms with Crippen LogP contribution in [-0.2, 0) is 6.42 Å². The van der Waals surface area contributed by atoms with Crippen molar-refractivity contribution in [3.05, 3.63) is 70.3 Å². The van der Waals surface area contributed by atoms with Crippen molar-refractivity contribution in [3.63, 3.8) is 0 Å². The third-order valence-corrected chi connectivity index (χ3v) is 3.51. The molecule has 1 aromatic heterocycles. The maximum atomic E-state index is 12.7. The van der Waals surface area contributed by atoms with Gasteiger partial charge in [0.1, 0.15) is 11.6 Å². The molecule has 0 aliphatic heterocycles. The minimum absolute atomic E-state index is 0.172. The Balaban J connectivity index is 2.11. The molecule has 1 N–H and O–H groups in total. The number of benzene rings is 2. The van der Waals surface area contributed by atoms with Gasteiger partial charge in [-0.1, -0.05) is 19.1 Å². The molecule has 23 heavy (non-hydrogen) atoms. The van der Waals surface area contributed by atoms with Gasteiger partial charge in [0.15, 0.2) is 0 Å². The van der Waals surface area contributed by atoms with E-state index in [1.165, 1.54) is 4.68 Å². The van der Waals surface area contributed by atoms with E-state index in [0.717, 1.165) is 12.0 Å². The maximum absolute atomic E-state index is 12.7. The second-order valence-corrected chi connectivity index (χ2v) is 5.25. The molecule has 0 spiro atoms. The van der Waals surface area contributed by atoms with E-state index in [9.17, 15) is 9.90 Å². The lowest BCUT2D eigenvalue weighted by Gasteiger charge is -2.08. The topological polar surface area (TPSA) is 67.5 Å². The minimum Gasteiger partial charge on any atom is -0.508 e. The third kappa shape index (κ3) is 3.13. The molecule has 3 aromatic rings. The number of para-hydroxylation sites is 1. The van der Waals surface area contributed by atoms with Crippen LogP contribution in [0.25, 0.3) is 10.9 Å². The van der Waals surface area contributed by atoms with Gasteiger partial charge in [0.05, 0.1) is 17.1 Å². The second kappa shape index (κ2) is 6.44. The molecule has 0 radical (unpaired) electrons. The van der Waals surface area contributed by atoms with Crippen LogP contribution in [0.4, 0.5) is 0 Å². The van der Waals surface area contributed by atoms with Crippen LogP contribution in [0.5, 0.6) is 5.75 Å². The van der Waals surface area contributed by atoms with Gasteiger partial charge in [0, 0.05) is 6.42 Å². The zero-order chi connectivity index (χ0) is 16.2. The summed E-state index contributed by atoms with van der Waals surface area (Å²) in [6.07, 6.45) is 3.14. The number of aromatic hydroxyl groups is 1. The average Bonchev–Trinajstić information content (AvgIpc) is 2.56. The van der Waals surface area contributed by atoms with E-state index in [2.05, 4.69) is 10.1 Å². The van der Waals surface area contributed by atoms with Crippen molar-refractivity contribution >= 4 is 17.1 Å². The highest BCUT2D eigenvalue weighted by Crippen LogP contribution is 2.10. The quantitative estimate of drug-likeness (QED) is 0.754. The van der Waals surface area contributed by atoms with E-state index in [0.29, 0.717) is 23.1 Å². The molecule has 0 fully saturated rings. The molecule has 1 heterocycles. The number of fused-ring (bicyclic) bond motifs is 1. The highest BCUT2D eigenvalue weighted by molar-refractivity contribution is 5.80. The molecule has 0 saturated heterocycles. The van der Waals surface area contributed by atoms with Crippen LogP contribution < -0.4 is 5.56 Å². The Morgan fingerprint density at radius 3 is 2.65 bits per heavy atom. The molecule has 5 heteroatoms. The number of aromatic nitrogens is 2. The van der Waals surface area contributed by atoms with Crippen LogP contribution >= 0.6 is 0 Å². The zero-order valence-corrected chi connectivity index (χ0v) is 12.8. The van der Waals surface area contributed by atoms with Crippen molar-refractivity contribution < 1.29 is 5.11 Å². The molecular formula is C18H17N3O2. The molecule has 0 aliphatic carbocycles. The van der Waals surface area contributed by atoms with E-state index in [1.807, 2.05) is 25.1 Å². The lowest BCUT2D eigenvalue weighted by molar-refractivity contribution is 0.475. The number of phenols is 1. The normalized spacial score (nSPS) is 11.3. The minimum atomic E-state index is -0.172. The lowest BCUT2D eigenvalue weighted by atomic mass is 10.2. The molecule has 3 rings (SSSR count). The lowest BCUT2D eigenvalue weighted by Crippen LogP contribution is -2.22. The first-order chi connectivity index (χ1) is 11.2. The molecule has 116 valence electrons. The summed E-state index contributed by atoms with van der Waals surface area (Å²) in [6.45, 7) is 2.04. The first-order valence-electron chi connectivity index (χ1n) is 7.53. The van der Waals surface area contributed by atoms with Gasteiger partial charge in [-0.3, -0.25) is 4.79 Å². The van der Waals surface area contributed by atoms with E-state index in [1.54, 1.807) is 36.5 Å². The second-order valence-electron chi connectivity index (χ2n) is 5.25. The van der Waals surface area contributed by atoms with E-state index in [4.69, 9.17) is 0 Å². The number of rotatable bonds is 4. The molecule has 0 amide bonds. The Bertz CT molecular complexity index is 912. The van der Waals surface area contributed by atoms with Crippen molar-refractivity contribution in [2.24, 2.45) is 5.10 Å². The molecule has 2 aromatic carbocycles. The predicted octanol–water partition coefficient (Wildman–Crippen LogP) is 2.94. The first-order valence-corrected chi connectivity index (χ1v) is 7.53. The third-order valence-electron chi connectivity index (χ3n) is 3.51. The van der Waals surface area contributed by atoms with Crippen molar-refractivity contribution in [3.8, 4) is 5.75 Å². The highest BCUT2D eigenvalue weighted by atomic mass is 16.3. The summed E-state index contributed by atoms with van der Waals surface area (Å²) in [6, 6.07) is 13.9. The number of nitrogens with zero attached hydrogens (tertiary/aromatic N) is 3. The van der Waals surface area contributed by atoms with E-state index in [-0.39, 0.29) is 11.3 Å². The zero-order valence-electron chi connectivity index (χ0n) is 12.8. The molecule has 5 nitrogen and oxygen atoms in total. The van der Waals surface area contributed by atoms with E-state index >= 15 is 0 Å². The SMILES string of the molecule is CCCc1nc2ccccc2c(=O)n1/N=C/c1ccc(O)cc1. The fourth-order valence-corrected chi connectivity index (χ4v) is 2.36.